The first-order chi connectivity index (χ1) is 14.5. The van der Waals surface area contributed by atoms with Crippen LogP contribution in [-0.4, -0.2) is 20.2 Å². The zero-order valence-corrected chi connectivity index (χ0v) is 19.9. The summed E-state index contributed by atoms with van der Waals surface area (Å²) in [6, 6.07) is 0. The topological polar surface area (TPSA) is 43.6 Å². The van der Waals surface area contributed by atoms with Crippen molar-refractivity contribution in [2.75, 3.05) is 0 Å². The molecular weight excluding hydrogens is 368 g/mol. The highest BCUT2D eigenvalue weighted by Gasteiger charge is 2.57. The van der Waals surface area contributed by atoms with Crippen molar-refractivity contribution in [3.05, 3.63) is 5.82 Å². The van der Waals surface area contributed by atoms with Gasteiger partial charge in [-0.1, -0.05) is 40.0 Å². The molecule has 0 radical (unpaired) electrons. The van der Waals surface area contributed by atoms with E-state index in [0.29, 0.717) is 11.3 Å². The fourth-order valence-electron chi connectivity index (χ4n) is 9.38. The Bertz CT molecular complexity index is 728. The van der Waals surface area contributed by atoms with Crippen LogP contribution < -0.4 is 0 Å². The van der Waals surface area contributed by atoms with E-state index < -0.39 is 0 Å². The smallest absolute Gasteiger partial charge is 0.164 e. The summed E-state index contributed by atoms with van der Waals surface area (Å²) in [6.07, 6.45) is 16.5. The Balaban J connectivity index is 1.27. The fourth-order valence-corrected chi connectivity index (χ4v) is 9.38. The number of rotatable bonds is 5. The first kappa shape index (κ1) is 20.9. The predicted molar refractivity (Wildman–Crippen MR) is 121 cm³/mol. The fraction of sp³-hybridized carbons (Fsp3) is 0.962. The van der Waals surface area contributed by atoms with Crippen molar-refractivity contribution in [2.45, 2.75) is 105 Å². The molecule has 4 unspecified atom stereocenters. The van der Waals surface area contributed by atoms with E-state index in [9.17, 15) is 0 Å². The zero-order chi connectivity index (χ0) is 20.9. The molecule has 4 saturated carbocycles. The minimum Gasteiger partial charge on any atom is -0.164 e. The van der Waals surface area contributed by atoms with Gasteiger partial charge >= 0.3 is 0 Å². The average molecular weight is 413 g/mol. The van der Waals surface area contributed by atoms with Gasteiger partial charge in [-0.15, -0.1) is 10.2 Å². The lowest BCUT2D eigenvalue weighted by atomic mass is 9.48. The predicted octanol–water partition coefficient (Wildman–Crippen LogP) is 6.30. The van der Waals surface area contributed by atoms with Crippen LogP contribution in [0, 0.1) is 59.7 Å². The van der Waals surface area contributed by atoms with Gasteiger partial charge in [-0.25, -0.2) is 0 Å². The summed E-state index contributed by atoms with van der Waals surface area (Å²) in [5.41, 5.74) is 0.544. The standard InChI is InChI=1S/C26H44N4/c1-5-6-19-7-9-21-20(15-19)8-10-23-22(21)13-14-26(4)24(11-12-25(23)26)17(2)16-30-28-18(3)27-29-30/h17,19-25H,5-16H2,1-4H3/t17-,19-,20?,21-,22?,23+,24?,25?,26+/m0/s1. The second-order valence-electron chi connectivity index (χ2n) is 12.0. The van der Waals surface area contributed by atoms with Crippen molar-refractivity contribution in [3.63, 3.8) is 0 Å². The Morgan fingerprint density at radius 3 is 2.63 bits per heavy atom. The average Bonchev–Trinajstić information content (AvgIpc) is 3.30. The van der Waals surface area contributed by atoms with E-state index >= 15 is 0 Å². The molecule has 1 aromatic heterocycles. The molecule has 0 aliphatic heterocycles. The first-order valence-electron chi connectivity index (χ1n) is 13.2. The molecule has 0 N–H and O–H groups in total. The van der Waals surface area contributed by atoms with Crippen LogP contribution >= 0.6 is 0 Å². The number of aryl methyl sites for hydroxylation is 1. The highest BCUT2D eigenvalue weighted by molar-refractivity contribution is 5.06. The van der Waals surface area contributed by atoms with E-state index in [1.165, 1.54) is 51.4 Å². The third-order valence-corrected chi connectivity index (χ3v) is 10.5. The maximum absolute atomic E-state index is 4.47. The van der Waals surface area contributed by atoms with Gasteiger partial charge in [0.2, 0.25) is 0 Å². The van der Waals surface area contributed by atoms with Crippen LogP contribution in [0.5, 0.6) is 0 Å². The summed E-state index contributed by atoms with van der Waals surface area (Å²) in [5.74, 6) is 8.51. The minimum absolute atomic E-state index is 0.544. The second kappa shape index (κ2) is 8.20. The molecule has 0 saturated heterocycles. The highest BCUT2D eigenvalue weighted by atomic mass is 15.6. The molecule has 0 bridgehead atoms. The monoisotopic (exact) mass is 412 g/mol. The van der Waals surface area contributed by atoms with Gasteiger partial charge in [-0.05, 0) is 116 Å². The summed E-state index contributed by atoms with van der Waals surface area (Å²) >= 11 is 0. The molecule has 1 aromatic rings. The summed E-state index contributed by atoms with van der Waals surface area (Å²) in [7, 11) is 0. The summed E-state index contributed by atoms with van der Waals surface area (Å²) in [4.78, 5) is 1.85. The lowest BCUT2D eigenvalue weighted by molar-refractivity contribution is -0.0751. The molecular formula is C26H44N4. The lowest BCUT2D eigenvalue weighted by Gasteiger charge is -2.57. The molecule has 4 heteroatoms. The van der Waals surface area contributed by atoms with Gasteiger partial charge < -0.3 is 0 Å². The molecule has 0 amide bonds. The zero-order valence-electron chi connectivity index (χ0n) is 19.9. The molecule has 5 rings (SSSR count). The number of aromatic nitrogens is 4. The quantitative estimate of drug-likeness (QED) is 0.570. The molecule has 9 atom stereocenters. The van der Waals surface area contributed by atoms with E-state index in [2.05, 4.69) is 36.2 Å². The van der Waals surface area contributed by atoms with Gasteiger partial charge in [-0.2, -0.15) is 4.80 Å². The van der Waals surface area contributed by atoms with Gasteiger partial charge in [0.15, 0.2) is 5.82 Å². The van der Waals surface area contributed by atoms with Crippen LogP contribution in [0.2, 0.25) is 0 Å². The maximum Gasteiger partial charge on any atom is 0.171 e. The van der Waals surface area contributed by atoms with Crippen molar-refractivity contribution < 1.29 is 0 Å². The van der Waals surface area contributed by atoms with Crippen molar-refractivity contribution in [3.8, 4) is 0 Å². The molecule has 1 heterocycles. The summed E-state index contributed by atoms with van der Waals surface area (Å²) < 4.78 is 0. The number of nitrogens with zero attached hydrogens (tertiary/aromatic N) is 4. The molecule has 4 nitrogen and oxygen atoms in total. The third kappa shape index (κ3) is 3.54. The Kier molecular flexibility index (Phi) is 5.73. The van der Waals surface area contributed by atoms with Crippen LogP contribution in [0.15, 0.2) is 0 Å². The Labute approximate surface area is 184 Å². The molecule has 4 aliphatic carbocycles. The Morgan fingerprint density at radius 1 is 1.03 bits per heavy atom. The van der Waals surface area contributed by atoms with E-state index in [1.807, 2.05) is 11.7 Å². The Hall–Kier alpha value is -0.930. The maximum atomic E-state index is 4.47. The number of fused-ring (bicyclic) bond motifs is 5. The first-order valence-corrected chi connectivity index (χ1v) is 13.2. The van der Waals surface area contributed by atoms with Crippen LogP contribution in [-0.2, 0) is 6.54 Å². The van der Waals surface area contributed by atoms with E-state index in [1.54, 1.807) is 19.3 Å². The molecule has 168 valence electrons. The highest BCUT2D eigenvalue weighted by Crippen LogP contribution is 2.65. The number of hydrogen-bond acceptors (Lipinski definition) is 3. The van der Waals surface area contributed by atoms with Crippen molar-refractivity contribution in [1.29, 1.82) is 0 Å². The summed E-state index contributed by atoms with van der Waals surface area (Å²) in [6.45, 7) is 10.4. The van der Waals surface area contributed by atoms with Gasteiger partial charge in [0.25, 0.3) is 0 Å². The second-order valence-corrected chi connectivity index (χ2v) is 12.0. The Morgan fingerprint density at radius 2 is 1.87 bits per heavy atom. The number of hydrogen-bond donors (Lipinski definition) is 0. The van der Waals surface area contributed by atoms with Crippen molar-refractivity contribution in [2.24, 2.45) is 52.8 Å². The van der Waals surface area contributed by atoms with Crippen LogP contribution in [0.1, 0.15) is 97.2 Å². The van der Waals surface area contributed by atoms with Crippen molar-refractivity contribution >= 4 is 0 Å². The van der Waals surface area contributed by atoms with Gasteiger partial charge in [0.05, 0.1) is 6.54 Å². The van der Waals surface area contributed by atoms with E-state index in [0.717, 1.165) is 53.8 Å². The molecule has 30 heavy (non-hydrogen) atoms. The van der Waals surface area contributed by atoms with E-state index in [4.69, 9.17) is 0 Å². The van der Waals surface area contributed by atoms with Gasteiger partial charge in [0, 0.05) is 0 Å². The molecule has 0 spiro atoms. The van der Waals surface area contributed by atoms with E-state index in [-0.39, 0.29) is 0 Å². The van der Waals surface area contributed by atoms with Crippen LogP contribution in [0.25, 0.3) is 0 Å². The summed E-state index contributed by atoms with van der Waals surface area (Å²) in [5, 5.41) is 12.8. The SMILES string of the molecule is CCC[C@H]1CC[C@H]2C(CC[C@@H]3C2CC[C@@]2(C)C3CCC2[C@@H](C)Cn2nnc(C)n2)C1. The van der Waals surface area contributed by atoms with Gasteiger partial charge in [0.1, 0.15) is 0 Å². The normalized spacial score (nSPS) is 44.2. The third-order valence-electron chi connectivity index (χ3n) is 10.5. The largest absolute Gasteiger partial charge is 0.171 e. The lowest BCUT2D eigenvalue weighted by Crippen LogP contribution is -2.49. The molecule has 4 aliphatic rings. The number of tetrazole rings is 1. The molecule has 0 aromatic carbocycles. The van der Waals surface area contributed by atoms with Crippen LogP contribution in [0.3, 0.4) is 0 Å². The minimum atomic E-state index is 0.544. The van der Waals surface area contributed by atoms with Crippen molar-refractivity contribution in [1.82, 2.24) is 20.2 Å². The van der Waals surface area contributed by atoms with Crippen LogP contribution in [0.4, 0.5) is 0 Å². The van der Waals surface area contributed by atoms with Gasteiger partial charge in [-0.3, -0.25) is 0 Å². The molecule has 4 fully saturated rings.